The van der Waals surface area contributed by atoms with Gasteiger partial charge >= 0.3 is 0 Å². The first-order chi connectivity index (χ1) is 11.2. The first-order valence-corrected chi connectivity index (χ1v) is 7.83. The second-order valence-electron chi connectivity index (χ2n) is 5.61. The number of hydrogen-bond donors (Lipinski definition) is 1. The molecule has 1 aliphatic heterocycles. The highest BCUT2D eigenvalue weighted by Crippen LogP contribution is 2.23. The average molecular weight is 315 g/mol. The van der Waals surface area contributed by atoms with E-state index in [9.17, 15) is 9.59 Å². The molecule has 1 heterocycles. The maximum absolute atomic E-state index is 11.9. The molecular formula is C17H21N3O3. The maximum Gasteiger partial charge on any atom is 0.253 e. The fourth-order valence-electron chi connectivity index (χ4n) is 2.95. The molecule has 0 atom stereocenters. The normalized spacial score (nSPS) is 15.2. The molecule has 23 heavy (non-hydrogen) atoms. The van der Waals surface area contributed by atoms with E-state index in [2.05, 4.69) is 22.3 Å². The molecule has 0 bridgehead atoms. The van der Waals surface area contributed by atoms with Gasteiger partial charge in [-0.25, -0.2) is 0 Å². The molecule has 1 fully saturated rings. The van der Waals surface area contributed by atoms with Crippen molar-refractivity contribution >= 4 is 17.1 Å². The average Bonchev–Trinajstić information content (AvgIpc) is 2.61. The smallest absolute Gasteiger partial charge is 0.253 e. The number of anilines is 3. The van der Waals surface area contributed by atoms with Gasteiger partial charge in [-0.1, -0.05) is 18.2 Å². The molecule has 122 valence electrons. The van der Waals surface area contributed by atoms with Gasteiger partial charge in [-0.05, 0) is 12.1 Å². The zero-order valence-electron chi connectivity index (χ0n) is 13.2. The molecule has 2 aromatic carbocycles. The van der Waals surface area contributed by atoms with Gasteiger partial charge in [0.25, 0.3) is 10.9 Å². The van der Waals surface area contributed by atoms with Crippen molar-refractivity contribution in [2.75, 3.05) is 61.6 Å². The first kappa shape index (κ1) is 15.6. The van der Waals surface area contributed by atoms with Gasteiger partial charge in [-0.3, -0.25) is 9.59 Å². The van der Waals surface area contributed by atoms with Crippen molar-refractivity contribution in [2.24, 2.45) is 0 Å². The maximum atomic E-state index is 11.9. The lowest BCUT2D eigenvalue weighted by Gasteiger charge is -2.38. The van der Waals surface area contributed by atoms with E-state index in [-0.39, 0.29) is 5.43 Å². The Morgan fingerprint density at radius 2 is 1.65 bits per heavy atom. The van der Waals surface area contributed by atoms with Crippen molar-refractivity contribution < 1.29 is 4.74 Å². The lowest BCUT2D eigenvalue weighted by atomic mass is 10.1. The number of ether oxygens (including phenoxy) is 1. The number of benzene rings is 1. The summed E-state index contributed by atoms with van der Waals surface area (Å²) in [7, 11) is 1.60. The highest BCUT2D eigenvalue weighted by atomic mass is 16.5. The minimum Gasteiger partial charge on any atom is -0.383 e. The molecule has 0 spiro atoms. The second-order valence-corrected chi connectivity index (χ2v) is 5.61. The third kappa shape index (κ3) is 3.07. The van der Waals surface area contributed by atoms with E-state index in [0.717, 1.165) is 26.2 Å². The summed E-state index contributed by atoms with van der Waals surface area (Å²) in [6.45, 7) is 4.16. The lowest BCUT2D eigenvalue weighted by molar-refractivity contribution is 0.210. The SMILES string of the molecule is COCCNc1c(N2CCN(c3ccccc3)CC2)c(=O)c1=O. The fourth-order valence-corrected chi connectivity index (χ4v) is 2.95. The van der Waals surface area contributed by atoms with E-state index in [1.54, 1.807) is 7.11 Å². The van der Waals surface area contributed by atoms with Crippen LogP contribution in [0.15, 0.2) is 39.9 Å². The molecule has 2 aromatic rings. The van der Waals surface area contributed by atoms with Crippen LogP contribution in [-0.4, -0.2) is 46.4 Å². The number of piperazine rings is 1. The summed E-state index contributed by atoms with van der Waals surface area (Å²) in [5.41, 5.74) is 1.38. The van der Waals surface area contributed by atoms with Crippen LogP contribution in [0.3, 0.4) is 0 Å². The van der Waals surface area contributed by atoms with Gasteiger partial charge in [0.15, 0.2) is 0 Å². The molecule has 0 aliphatic carbocycles. The van der Waals surface area contributed by atoms with Crippen LogP contribution >= 0.6 is 0 Å². The molecule has 0 radical (unpaired) electrons. The van der Waals surface area contributed by atoms with Gasteiger partial charge in [-0.15, -0.1) is 0 Å². The van der Waals surface area contributed by atoms with Gasteiger partial charge in [0.05, 0.1) is 6.61 Å². The van der Waals surface area contributed by atoms with Crippen LogP contribution < -0.4 is 26.0 Å². The third-order valence-electron chi connectivity index (χ3n) is 4.21. The van der Waals surface area contributed by atoms with Crippen LogP contribution in [0.1, 0.15) is 0 Å². The highest BCUT2D eigenvalue weighted by molar-refractivity contribution is 5.75. The summed E-state index contributed by atoms with van der Waals surface area (Å²) >= 11 is 0. The zero-order chi connectivity index (χ0) is 16.2. The number of nitrogens with zero attached hydrogens (tertiary/aromatic N) is 2. The van der Waals surface area contributed by atoms with Gasteiger partial charge < -0.3 is 19.9 Å². The van der Waals surface area contributed by atoms with E-state index >= 15 is 0 Å². The van der Waals surface area contributed by atoms with Crippen LogP contribution in [0.2, 0.25) is 0 Å². The lowest BCUT2D eigenvalue weighted by Crippen LogP contribution is -2.51. The van der Waals surface area contributed by atoms with E-state index in [0.29, 0.717) is 24.5 Å². The molecule has 1 aliphatic rings. The summed E-state index contributed by atoms with van der Waals surface area (Å²) in [5.74, 6) is 0. The predicted molar refractivity (Wildman–Crippen MR) is 92.6 cm³/mol. The van der Waals surface area contributed by atoms with Crippen LogP contribution in [0.4, 0.5) is 17.1 Å². The summed E-state index contributed by atoms with van der Waals surface area (Å²) in [5, 5.41) is 3.02. The van der Waals surface area contributed by atoms with Crippen molar-refractivity contribution in [3.05, 3.63) is 50.8 Å². The van der Waals surface area contributed by atoms with E-state index < -0.39 is 5.43 Å². The quantitative estimate of drug-likeness (QED) is 0.624. The zero-order valence-corrected chi connectivity index (χ0v) is 13.2. The Morgan fingerprint density at radius 3 is 2.30 bits per heavy atom. The topological polar surface area (TPSA) is 61.9 Å². The summed E-state index contributed by atoms with van der Waals surface area (Å²) in [4.78, 5) is 28.0. The van der Waals surface area contributed by atoms with E-state index in [1.165, 1.54) is 5.69 Å². The number of methoxy groups -OCH3 is 1. The van der Waals surface area contributed by atoms with Crippen LogP contribution in [0.25, 0.3) is 0 Å². The molecule has 6 heteroatoms. The van der Waals surface area contributed by atoms with Gasteiger partial charge in [0.2, 0.25) is 0 Å². The van der Waals surface area contributed by atoms with Crippen molar-refractivity contribution in [2.45, 2.75) is 0 Å². The number of para-hydroxylation sites is 1. The standard InChI is InChI=1S/C17H21N3O3/c1-23-12-7-18-14-15(17(22)16(14)21)20-10-8-19(9-11-20)13-5-3-2-4-6-13/h2-6,18H,7-12H2,1H3. The van der Waals surface area contributed by atoms with Crippen LogP contribution in [-0.2, 0) is 4.74 Å². The number of nitrogens with one attached hydrogen (secondary N) is 1. The Labute approximate surface area is 135 Å². The number of rotatable bonds is 6. The van der Waals surface area contributed by atoms with Crippen molar-refractivity contribution in [1.82, 2.24) is 0 Å². The minimum atomic E-state index is -0.415. The highest BCUT2D eigenvalue weighted by Gasteiger charge is 2.28. The Balaban J connectivity index is 1.65. The third-order valence-corrected chi connectivity index (χ3v) is 4.21. The molecule has 0 saturated carbocycles. The first-order valence-electron chi connectivity index (χ1n) is 7.83. The van der Waals surface area contributed by atoms with Gasteiger partial charge in [0.1, 0.15) is 11.4 Å². The largest absolute Gasteiger partial charge is 0.383 e. The van der Waals surface area contributed by atoms with Crippen LogP contribution in [0.5, 0.6) is 0 Å². The molecule has 6 nitrogen and oxygen atoms in total. The monoisotopic (exact) mass is 315 g/mol. The summed E-state index contributed by atoms with van der Waals surface area (Å²) in [6, 6.07) is 10.2. The van der Waals surface area contributed by atoms with Gasteiger partial charge in [0, 0.05) is 45.5 Å². The Morgan fingerprint density at radius 1 is 1.00 bits per heavy atom. The molecule has 1 saturated heterocycles. The molecule has 3 rings (SSSR count). The van der Waals surface area contributed by atoms with Gasteiger partial charge in [-0.2, -0.15) is 0 Å². The molecule has 0 unspecified atom stereocenters. The predicted octanol–water partition coefficient (Wildman–Crippen LogP) is 0.667. The Kier molecular flexibility index (Phi) is 4.62. The molecule has 0 aromatic heterocycles. The summed E-state index contributed by atoms with van der Waals surface area (Å²) < 4.78 is 4.97. The summed E-state index contributed by atoms with van der Waals surface area (Å²) in [6.07, 6.45) is 0. The minimum absolute atomic E-state index is 0.377. The van der Waals surface area contributed by atoms with Crippen molar-refractivity contribution in [3.63, 3.8) is 0 Å². The molecular weight excluding hydrogens is 294 g/mol. The Hall–Kier alpha value is -2.34. The molecule has 0 amide bonds. The van der Waals surface area contributed by atoms with E-state index in [1.807, 2.05) is 23.1 Å². The van der Waals surface area contributed by atoms with Crippen LogP contribution in [0, 0.1) is 0 Å². The van der Waals surface area contributed by atoms with Crippen molar-refractivity contribution in [1.29, 1.82) is 0 Å². The van der Waals surface area contributed by atoms with Crippen molar-refractivity contribution in [3.8, 4) is 0 Å². The number of hydrogen-bond acceptors (Lipinski definition) is 6. The van der Waals surface area contributed by atoms with E-state index in [4.69, 9.17) is 4.74 Å². The fraction of sp³-hybridized carbons (Fsp3) is 0.412. The molecule has 1 N–H and O–H groups in total. The Bertz CT molecular complexity index is 714. The second kappa shape index (κ2) is 6.83.